The van der Waals surface area contributed by atoms with Crippen molar-refractivity contribution in [3.8, 4) is 17.2 Å². The van der Waals surface area contributed by atoms with Crippen LogP contribution in [0, 0.1) is 5.92 Å². The van der Waals surface area contributed by atoms with E-state index in [0.29, 0.717) is 0 Å². The Morgan fingerprint density at radius 1 is 1.36 bits per heavy atom. The lowest BCUT2D eigenvalue weighted by Gasteiger charge is -2.32. The Balaban J connectivity index is 0.00000176. The van der Waals surface area contributed by atoms with E-state index in [9.17, 15) is 0 Å². The molecule has 0 spiro atoms. The van der Waals surface area contributed by atoms with Crippen LogP contribution in [0.5, 0.6) is 17.2 Å². The van der Waals surface area contributed by atoms with Crippen molar-refractivity contribution in [3.63, 3.8) is 0 Å². The second-order valence-corrected chi connectivity index (χ2v) is 5.83. The Kier molecular flexibility index (Phi) is 6.17. The highest BCUT2D eigenvalue weighted by Crippen LogP contribution is 2.42. The fourth-order valence-corrected chi connectivity index (χ4v) is 3.28. The number of rotatable bonds is 5. The Labute approximate surface area is 138 Å². The van der Waals surface area contributed by atoms with Crippen LogP contribution in [-0.2, 0) is 6.54 Å². The first-order valence-corrected chi connectivity index (χ1v) is 7.63. The van der Waals surface area contributed by atoms with Crippen molar-refractivity contribution < 1.29 is 14.2 Å². The lowest BCUT2D eigenvalue weighted by Crippen LogP contribution is -2.38. The first-order chi connectivity index (χ1) is 10.3. The van der Waals surface area contributed by atoms with Gasteiger partial charge in [-0.15, -0.1) is 12.4 Å². The number of nitrogens with one attached hydrogen (secondary N) is 1. The second kappa shape index (κ2) is 7.90. The molecule has 0 radical (unpaired) electrons. The van der Waals surface area contributed by atoms with Crippen molar-refractivity contribution in [2.24, 2.45) is 5.92 Å². The number of likely N-dealkylation sites (tertiary alicyclic amines) is 1. The highest BCUT2D eigenvalue weighted by Gasteiger charge is 2.23. The van der Waals surface area contributed by atoms with Gasteiger partial charge in [0.15, 0.2) is 11.5 Å². The van der Waals surface area contributed by atoms with Crippen molar-refractivity contribution in [2.75, 3.05) is 40.6 Å². The molecule has 1 saturated heterocycles. The third kappa shape index (κ3) is 3.77. The summed E-state index contributed by atoms with van der Waals surface area (Å²) in [6.45, 7) is 4.63. The van der Waals surface area contributed by atoms with Crippen molar-refractivity contribution >= 4 is 12.4 Å². The third-order valence-corrected chi connectivity index (χ3v) is 4.22. The smallest absolute Gasteiger partial charge is 0.231 e. The Morgan fingerprint density at radius 2 is 2.23 bits per heavy atom. The fourth-order valence-electron chi connectivity index (χ4n) is 3.28. The quantitative estimate of drug-likeness (QED) is 0.898. The number of nitrogens with zero attached hydrogens (tertiary/aromatic N) is 1. The predicted molar refractivity (Wildman–Crippen MR) is 88.3 cm³/mol. The van der Waals surface area contributed by atoms with E-state index >= 15 is 0 Å². The summed E-state index contributed by atoms with van der Waals surface area (Å²) >= 11 is 0. The van der Waals surface area contributed by atoms with E-state index in [1.54, 1.807) is 7.11 Å². The van der Waals surface area contributed by atoms with Gasteiger partial charge in [-0.3, -0.25) is 4.90 Å². The molecule has 124 valence electrons. The molecule has 1 unspecified atom stereocenters. The monoisotopic (exact) mass is 328 g/mol. The highest BCUT2D eigenvalue weighted by molar-refractivity contribution is 5.85. The van der Waals surface area contributed by atoms with Crippen molar-refractivity contribution in [1.29, 1.82) is 0 Å². The standard InChI is InChI=1S/C16H24N2O3.ClH/c1-17-8-12-4-3-5-18(9-12)10-13-6-14(19-2)16-15(7-13)20-11-21-16;/h6-7,12,17H,3-5,8-11H2,1-2H3;1H. The van der Waals surface area contributed by atoms with Crippen LogP contribution >= 0.6 is 12.4 Å². The predicted octanol–water partition coefficient (Wildman–Crippen LogP) is 2.28. The highest BCUT2D eigenvalue weighted by atomic mass is 35.5. The Hall–Kier alpha value is -1.17. The van der Waals surface area contributed by atoms with E-state index in [1.807, 2.05) is 7.05 Å². The summed E-state index contributed by atoms with van der Waals surface area (Å²) in [6, 6.07) is 4.14. The maximum atomic E-state index is 5.50. The Bertz CT molecular complexity index is 497. The minimum Gasteiger partial charge on any atom is -0.493 e. The van der Waals surface area contributed by atoms with Crippen molar-refractivity contribution in [2.45, 2.75) is 19.4 Å². The van der Waals surface area contributed by atoms with Gasteiger partial charge >= 0.3 is 0 Å². The average Bonchev–Trinajstić information content (AvgIpc) is 2.95. The Morgan fingerprint density at radius 3 is 3.00 bits per heavy atom. The molecule has 1 N–H and O–H groups in total. The molecule has 2 heterocycles. The minimum atomic E-state index is 0. The number of hydrogen-bond donors (Lipinski definition) is 1. The maximum absolute atomic E-state index is 5.50. The summed E-state index contributed by atoms with van der Waals surface area (Å²) in [5, 5.41) is 3.29. The molecule has 1 aromatic rings. The number of hydrogen-bond acceptors (Lipinski definition) is 5. The summed E-state index contributed by atoms with van der Waals surface area (Å²) in [7, 11) is 3.70. The topological polar surface area (TPSA) is 43.0 Å². The van der Waals surface area contributed by atoms with E-state index in [1.165, 1.54) is 18.4 Å². The van der Waals surface area contributed by atoms with Crippen LogP contribution in [0.25, 0.3) is 0 Å². The van der Waals surface area contributed by atoms with Crippen LogP contribution in [0.3, 0.4) is 0 Å². The molecule has 6 heteroatoms. The molecular weight excluding hydrogens is 304 g/mol. The van der Waals surface area contributed by atoms with Gasteiger partial charge in [0.2, 0.25) is 12.5 Å². The third-order valence-electron chi connectivity index (χ3n) is 4.22. The van der Waals surface area contributed by atoms with Gasteiger partial charge < -0.3 is 19.5 Å². The maximum Gasteiger partial charge on any atom is 0.231 e. The van der Waals surface area contributed by atoms with E-state index in [4.69, 9.17) is 14.2 Å². The first kappa shape index (κ1) is 17.2. The number of ether oxygens (including phenoxy) is 3. The molecule has 0 aliphatic carbocycles. The van der Waals surface area contributed by atoms with Crippen LogP contribution in [0.15, 0.2) is 12.1 Å². The zero-order valence-electron chi connectivity index (χ0n) is 13.3. The van der Waals surface area contributed by atoms with Gasteiger partial charge in [0.25, 0.3) is 0 Å². The average molecular weight is 329 g/mol. The van der Waals surface area contributed by atoms with Crippen LogP contribution in [-0.4, -0.2) is 45.5 Å². The summed E-state index contributed by atoms with van der Waals surface area (Å²) in [4.78, 5) is 2.52. The molecule has 1 fully saturated rings. The number of methoxy groups -OCH3 is 1. The zero-order chi connectivity index (χ0) is 14.7. The van der Waals surface area contributed by atoms with Gasteiger partial charge in [-0.25, -0.2) is 0 Å². The molecule has 2 aliphatic heterocycles. The van der Waals surface area contributed by atoms with Gasteiger partial charge in [0.05, 0.1) is 7.11 Å². The van der Waals surface area contributed by atoms with E-state index in [2.05, 4.69) is 22.3 Å². The van der Waals surface area contributed by atoms with Gasteiger partial charge in [-0.1, -0.05) is 0 Å². The molecule has 1 aromatic carbocycles. The second-order valence-electron chi connectivity index (χ2n) is 5.83. The molecule has 3 rings (SSSR count). The largest absolute Gasteiger partial charge is 0.493 e. The summed E-state index contributed by atoms with van der Waals surface area (Å²) in [6.07, 6.45) is 2.59. The number of halogens is 1. The molecule has 5 nitrogen and oxygen atoms in total. The summed E-state index contributed by atoms with van der Waals surface area (Å²) < 4.78 is 16.4. The van der Waals surface area contributed by atoms with Gasteiger partial charge in [0.1, 0.15) is 0 Å². The van der Waals surface area contributed by atoms with Crippen LogP contribution in [0.4, 0.5) is 0 Å². The summed E-state index contributed by atoms with van der Waals surface area (Å²) in [5.41, 5.74) is 1.22. The molecule has 0 bridgehead atoms. The normalized spacial score (nSPS) is 20.5. The molecule has 2 aliphatic rings. The molecule has 0 amide bonds. The molecule has 1 atom stereocenters. The van der Waals surface area contributed by atoms with Crippen molar-refractivity contribution in [1.82, 2.24) is 10.2 Å². The number of benzene rings is 1. The van der Waals surface area contributed by atoms with E-state index in [-0.39, 0.29) is 19.2 Å². The molecule has 0 aromatic heterocycles. The SMILES string of the molecule is CNCC1CCCN(Cc2cc(OC)c3c(c2)OCO3)C1.Cl. The first-order valence-electron chi connectivity index (χ1n) is 7.63. The fraction of sp³-hybridized carbons (Fsp3) is 0.625. The number of piperidine rings is 1. The van der Waals surface area contributed by atoms with Gasteiger partial charge in [-0.2, -0.15) is 0 Å². The van der Waals surface area contributed by atoms with Crippen LogP contribution in [0.1, 0.15) is 18.4 Å². The van der Waals surface area contributed by atoms with Crippen molar-refractivity contribution in [3.05, 3.63) is 17.7 Å². The summed E-state index contributed by atoms with van der Waals surface area (Å²) in [5.74, 6) is 3.05. The molecule has 0 saturated carbocycles. The van der Waals surface area contributed by atoms with Gasteiger partial charge in [0, 0.05) is 13.1 Å². The zero-order valence-corrected chi connectivity index (χ0v) is 14.1. The lowest BCUT2D eigenvalue weighted by atomic mass is 9.97. The number of fused-ring (bicyclic) bond motifs is 1. The van der Waals surface area contributed by atoms with Gasteiger partial charge in [-0.05, 0) is 56.6 Å². The molecule has 22 heavy (non-hydrogen) atoms. The molecular formula is C16H25ClN2O3. The minimum absolute atomic E-state index is 0. The van der Waals surface area contributed by atoms with E-state index < -0.39 is 0 Å². The van der Waals surface area contributed by atoms with E-state index in [0.717, 1.165) is 49.3 Å². The lowest BCUT2D eigenvalue weighted by molar-refractivity contribution is 0.166. The van der Waals surface area contributed by atoms with Crippen LogP contribution in [0.2, 0.25) is 0 Å². The van der Waals surface area contributed by atoms with Crippen LogP contribution < -0.4 is 19.5 Å².